The first-order chi connectivity index (χ1) is 6.74. The molecule has 1 aliphatic rings. The van der Waals surface area contributed by atoms with E-state index in [0.717, 1.165) is 25.1 Å². The average Bonchev–Trinajstić information content (AvgIpc) is 2.53. The van der Waals surface area contributed by atoms with Gasteiger partial charge in [-0.05, 0) is 45.6 Å². The number of hydrogen-bond acceptors (Lipinski definition) is 2. The van der Waals surface area contributed by atoms with Crippen molar-refractivity contribution in [2.45, 2.75) is 58.6 Å². The van der Waals surface area contributed by atoms with Crippen LogP contribution in [-0.4, -0.2) is 25.3 Å². The second-order valence-electron chi connectivity index (χ2n) is 4.56. The summed E-state index contributed by atoms with van der Waals surface area (Å²) >= 11 is 0. The van der Waals surface area contributed by atoms with Crippen molar-refractivity contribution in [3.63, 3.8) is 0 Å². The lowest BCUT2D eigenvalue weighted by molar-refractivity contribution is 0.0666. The standard InChI is InChI=1S/C12H25NO/c1-4-13-12-7-5-6-11(12)8-9-14-10(2)3/h10-13H,4-9H2,1-3H3. The Morgan fingerprint density at radius 2 is 2.14 bits per heavy atom. The van der Waals surface area contributed by atoms with Crippen LogP contribution < -0.4 is 5.32 Å². The van der Waals surface area contributed by atoms with E-state index >= 15 is 0 Å². The monoisotopic (exact) mass is 199 g/mol. The molecule has 1 aliphatic carbocycles. The molecule has 0 saturated heterocycles. The predicted molar refractivity (Wildman–Crippen MR) is 60.5 cm³/mol. The Hall–Kier alpha value is -0.0800. The maximum atomic E-state index is 5.60. The first-order valence-corrected chi connectivity index (χ1v) is 6.09. The summed E-state index contributed by atoms with van der Waals surface area (Å²) in [6, 6.07) is 0.760. The molecule has 0 heterocycles. The van der Waals surface area contributed by atoms with Gasteiger partial charge < -0.3 is 10.1 Å². The van der Waals surface area contributed by atoms with Crippen LogP contribution in [0.3, 0.4) is 0 Å². The van der Waals surface area contributed by atoms with Crippen molar-refractivity contribution in [2.75, 3.05) is 13.2 Å². The zero-order valence-corrected chi connectivity index (χ0v) is 9.88. The summed E-state index contributed by atoms with van der Waals surface area (Å²) in [4.78, 5) is 0. The highest BCUT2D eigenvalue weighted by molar-refractivity contribution is 4.82. The fraction of sp³-hybridized carbons (Fsp3) is 1.00. The smallest absolute Gasteiger partial charge is 0.0518 e. The Morgan fingerprint density at radius 3 is 2.79 bits per heavy atom. The Morgan fingerprint density at radius 1 is 1.36 bits per heavy atom. The molecule has 0 spiro atoms. The average molecular weight is 199 g/mol. The first-order valence-electron chi connectivity index (χ1n) is 6.09. The van der Waals surface area contributed by atoms with Crippen LogP contribution in [0.25, 0.3) is 0 Å². The van der Waals surface area contributed by atoms with Crippen molar-refractivity contribution >= 4 is 0 Å². The van der Waals surface area contributed by atoms with Crippen LogP contribution >= 0.6 is 0 Å². The van der Waals surface area contributed by atoms with Gasteiger partial charge in [-0.3, -0.25) is 0 Å². The molecule has 1 N–H and O–H groups in total. The third kappa shape index (κ3) is 3.97. The fourth-order valence-corrected chi connectivity index (χ4v) is 2.37. The van der Waals surface area contributed by atoms with Crippen molar-refractivity contribution in [2.24, 2.45) is 5.92 Å². The molecule has 0 aromatic rings. The van der Waals surface area contributed by atoms with Gasteiger partial charge in [-0.1, -0.05) is 13.3 Å². The van der Waals surface area contributed by atoms with Crippen LogP contribution in [0.4, 0.5) is 0 Å². The highest BCUT2D eigenvalue weighted by atomic mass is 16.5. The molecule has 84 valence electrons. The van der Waals surface area contributed by atoms with Gasteiger partial charge in [0, 0.05) is 12.6 Å². The minimum atomic E-state index is 0.383. The number of hydrogen-bond donors (Lipinski definition) is 1. The van der Waals surface area contributed by atoms with Gasteiger partial charge in [-0.2, -0.15) is 0 Å². The van der Waals surface area contributed by atoms with Crippen LogP contribution in [0.1, 0.15) is 46.5 Å². The molecular weight excluding hydrogens is 174 g/mol. The molecular formula is C12H25NO. The van der Waals surface area contributed by atoms with E-state index in [2.05, 4.69) is 26.1 Å². The van der Waals surface area contributed by atoms with E-state index in [1.807, 2.05) is 0 Å². The fourth-order valence-electron chi connectivity index (χ4n) is 2.37. The van der Waals surface area contributed by atoms with Gasteiger partial charge in [0.2, 0.25) is 0 Å². The van der Waals surface area contributed by atoms with Gasteiger partial charge in [0.25, 0.3) is 0 Å². The van der Waals surface area contributed by atoms with E-state index < -0.39 is 0 Å². The summed E-state index contributed by atoms with van der Waals surface area (Å²) < 4.78 is 5.60. The Balaban J connectivity index is 2.15. The molecule has 2 heteroatoms. The zero-order chi connectivity index (χ0) is 10.4. The maximum Gasteiger partial charge on any atom is 0.0518 e. The van der Waals surface area contributed by atoms with Crippen molar-refractivity contribution in [1.82, 2.24) is 5.32 Å². The second-order valence-corrected chi connectivity index (χ2v) is 4.56. The van der Waals surface area contributed by atoms with Crippen LogP contribution in [0, 0.1) is 5.92 Å². The summed E-state index contributed by atoms with van der Waals surface area (Å²) in [5.74, 6) is 0.855. The van der Waals surface area contributed by atoms with Crippen molar-refractivity contribution < 1.29 is 4.74 Å². The van der Waals surface area contributed by atoms with E-state index in [-0.39, 0.29) is 0 Å². The van der Waals surface area contributed by atoms with E-state index in [1.54, 1.807) is 0 Å². The van der Waals surface area contributed by atoms with E-state index in [0.29, 0.717) is 6.10 Å². The largest absolute Gasteiger partial charge is 0.379 e. The lowest BCUT2D eigenvalue weighted by Gasteiger charge is -2.20. The lowest BCUT2D eigenvalue weighted by atomic mass is 10.00. The molecule has 1 fully saturated rings. The first kappa shape index (κ1) is 12.0. The molecule has 0 aliphatic heterocycles. The molecule has 0 amide bonds. The molecule has 0 aromatic heterocycles. The van der Waals surface area contributed by atoms with Gasteiger partial charge in [-0.15, -0.1) is 0 Å². The Kier molecular flexibility index (Phi) is 5.49. The number of ether oxygens (including phenoxy) is 1. The van der Waals surface area contributed by atoms with Gasteiger partial charge in [0.1, 0.15) is 0 Å². The Bertz CT molecular complexity index is 147. The molecule has 2 unspecified atom stereocenters. The molecule has 14 heavy (non-hydrogen) atoms. The molecule has 2 atom stereocenters. The summed E-state index contributed by atoms with van der Waals surface area (Å²) in [5, 5.41) is 3.58. The van der Waals surface area contributed by atoms with Crippen molar-refractivity contribution in [3.8, 4) is 0 Å². The summed E-state index contributed by atoms with van der Waals surface area (Å²) in [6.07, 6.45) is 5.76. The summed E-state index contributed by atoms with van der Waals surface area (Å²) in [7, 11) is 0. The van der Waals surface area contributed by atoms with Crippen molar-refractivity contribution in [3.05, 3.63) is 0 Å². The lowest BCUT2D eigenvalue weighted by Crippen LogP contribution is -2.32. The van der Waals surface area contributed by atoms with Crippen LogP contribution in [0.5, 0.6) is 0 Å². The maximum absolute atomic E-state index is 5.60. The van der Waals surface area contributed by atoms with E-state index in [9.17, 15) is 0 Å². The van der Waals surface area contributed by atoms with Crippen LogP contribution in [0.2, 0.25) is 0 Å². The van der Waals surface area contributed by atoms with Gasteiger partial charge >= 0.3 is 0 Å². The minimum absolute atomic E-state index is 0.383. The SMILES string of the molecule is CCNC1CCCC1CCOC(C)C. The van der Waals surface area contributed by atoms with Crippen molar-refractivity contribution in [1.29, 1.82) is 0 Å². The third-order valence-corrected chi connectivity index (χ3v) is 3.07. The molecule has 2 nitrogen and oxygen atoms in total. The quantitative estimate of drug-likeness (QED) is 0.710. The van der Waals surface area contributed by atoms with E-state index in [4.69, 9.17) is 4.74 Å². The van der Waals surface area contributed by atoms with Crippen LogP contribution in [-0.2, 0) is 4.74 Å². The zero-order valence-electron chi connectivity index (χ0n) is 9.88. The molecule has 1 saturated carbocycles. The normalized spacial score (nSPS) is 27.4. The highest BCUT2D eigenvalue weighted by Crippen LogP contribution is 2.28. The molecule has 0 bridgehead atoms. The summed E-state index contributed by atoms with van der Waals surface area (Å²) in [5.41, 5.74) is 0. The molecule has 1 rings (SSSR count). The third-order valence-electron chi connectivity index (χ3n) is 3.07. The summed E-state index contributed by atoms with van der Waals surface area (Å²) in [6.45, 7) is 8.45. The number of rotatable bonds is 6. The highest BCUT2D eigenvalue weighted by Gasteiger charge is 2.25. The van der Waals surface area contributed by atoms with Gasteiger partial charge in [0.15, 0.2) is 0 Å². The van der Waals surface area contributed by atoms with E-state index in [1.165, 1.54) is 25.7 Å². The van der Waals surface area contributed by atoms with Gasteiger partial charge in [-0.25, -0.2) is 0 Å². The van der Waals surface area contributed by atoms with Crippen LogP contribution in [0.15, 0.2) is 0 Å². The molecule has 0 aromatic carbocycles. The predicted octanol–water partition coefficient (Wildman–Crippen LogP) is 2.58. The minimum Gasteiger partial charge on any atom is -0.379 e. The second kappa shape index (κ2) is 6.41. The molecule has 0 radical (unpaired) electrons. The Labute approximate surface area is 88.4 Å². The number of nitrogens with one attached hydrogen (secondary N) is 1. The topological polar surface area (TPSA) is 21.3 Å². The van der Waals surface area contributed by atoms with Gasteiger partial charge in [0.05, 0.1) is 6.10 Å².